The second-order valence-electron chi connectivity index (χ2n) is 7.27. The number of nitrogens with one attached hydrogen (secondary N) is 1. The maximum atomic E-state index is 12.8. The van der Waals surface area contributed by atoms with Gasteiger partial charge < -0.3 is 24.6 Å². The quantitative estimate of drug-likeness (QED) is 0.738. The molecule has 0 bridgehead atoms. The Balaban J connectivity index is 1.55. The Kier molecular flexibility index (Phi) is 6.41. The van der Waals surface area contributed by atoms with Crippen molar-refractivity contribution in [2.45, 2.75) is 25.0 Å². The van der Waals surface area contributed by atoms with Gasteiger partial charge in [-0.05, 0) is 33.1 Å². The largest absolute Gasteiger partial charge is 0.352 e. The first-order chi connectivity index (χ1) is 13.0. The van der Waals surface area contributed by atoms with Crippen LogP contribution in [0.3, 0.4) is 0 Å². The van der Waals surface area contributed by atoms with Crippen LogP contribution in [-0.2, 0) is 9.47 Å². The summed E-state index contributed by atoms with van der Waals surface area (Å²) in [4.78, 5) is 33.0. The van der Waals surface area contributed by atoms with Crippen molar-refractivity contribution in [1.29, 1.82) is 0 Å². The Morgan fingerprint density at radius 1 is 1.19 bits per heavy atom. The first kappa shape index (κ1) is 19.7. The fraction of sp³-hybridized carbons (Fsp3) is 0.632. The summed E-state index contributed by atoms with van der Waals surface area (Å²) in [5.74, 6) is -0.831. The number of hydrogen-bond acceptors (Lipinski definition) is 6. The zero-order chi connectivity index (χ0) is 19.3. The number of aromatic nitrogens is 1. The van der Waals surface area contributed by atoms with Gasteiger partial charge in [0.05, 0.1) is 24.3 Å². The summed E-state index contributed by atoms with van der Waals surface area (Å²) in [7, 11) is 3.99. The lowest BCUT2D eigenvalue weighted by atomic mass is 10.0. The first-order valence-corrected chi connectivity index (χ1v) is 9.44. The Labute approximate surface area is 159 Å². The number of piperidine rings is 1. The molecule has 0 atom stereocenters. The first-order valence-electron chi connectivity index (χ1n) is 9.44. The van der Waals surface area contributed by atoms with Crippen LogP contribution in [0.25, 0.3) is 0 Å². The molecule has 2 saturated heterocycles. The number of nitrogens with zero attached hydrogens (tertiary/aromatic N) is 3. The zero-order valence-corrected chi connectivity index (χ0v) is 16.1. The van der Waals surface area contributed by atoms with Crippen molar-refractivity contribution in [2.24, 2.45) is 0 Å². The number of ether oxygens (including phenoxy) is 2. The minimum Gasteiger partial charge on any atom is -0.352 e. The third-order valence-corrected chi connectivity index (χ3v) is 4.94. The minimum absolute atomic E-state index is 0.113. The summed E-state index contributed by atoms with van der Waals surface area (Å²) in [5.41, 5.74) is 0.835. The van der Waals surface area contributed by atoms with E-state index in [0.29, 0.717) is 56.8 Å². The molecular formula is C19H28N4O4. The predicted molar refractivity (Wildman–Crippen MR) is 99.5 cm³/mol. The number of likely N-dealkylation sites (tertiary alicyclic amines) is 1. The highest BCUT2D eigenvalue weighted by molar-refractivity contribution is 5.99. The van der Waals surface area contributed by atoms with Gasteiger partial charge in [0.15, 0.2) is 5.79 Å². The van der Waals surface area contributed by atoms with Gasteiger partial charge in [0.2, 0.25) is 0 Å². The molecule has 27 heavy (non-hydrogen) atoms. The molecule has 2 amide bonds. The Morgan fingerprint density at radius 2 is 1.85 bits per heavy atom. The molecule has 8 nitrogen and oxygen atoms in total. The molecule has 148 valence electrons. The molecule has 1 N–H and O–H groups in total. The normalized spacial score (nSPS) is 18.9. The van der Waals surface area contributed by atoms with Gasteiger partial charge in [-0.3, -0.25) is 14.6 Å². The molecular weight excluding hydrogens is 348 g/mol. The van der Waals surface area contributed by atoms with E-state index in [0.717, 1.165) is 13.0 Å². The van der Waals surface area contributed by atoms with E-state index >= 15 is 0 Å². The number of carbonyl (C=O) groups excluding carboxylic acids is 2. The lowest BCUT2D eigenvalue weighted by Crippen LogP contribution is -2.47. The van der Waals surface area contributed by atoms with Crippen molar-refractivity contribution in [3.8, 4) is 0 Å². The molecule has 0 saturated carbocycles. The minimum atomic E-state index is -0.511. The molecule has 0 unspecified atom stereocenters. The van der Waals surface area contributed by atoms with E-state index in [9.17, 15) is 9.59 Å². The summed E-state index contributed by atoms with van der Waals surface area (Å²) in [6.07, 6.45) is 5.20. The lowest BCUT2D eigenvalue weighted by molar-refractivity contribution is -0.181. The van der Waals surface area contributed by atoms with E-state index in [-0.39, 0.29) is 11.8 Å². The van der Waals surface area contributed by atoms with Gasteiger partial charge >= 0.3 is 0 Å². The molecule has 1 aromatic rings. The van der Waals surface area contributed by atoms with Crippen LogP contribution in [0, 0.1) is 0 Å². The van der Waals surface area contributed by atoms with Crippen LogP contribution < -0.4 is 5.32 Å². The summed E-state index contributed by atoms with van der Waals surface area (Å²) in [6.45, 7) is 3.86. The summed E-state index contributed by atoms with van der Waals surface area (Å²) >= 11 is 0. The average molecular weight is 376 g/mol. The van der Waals surface area contributed by atoms with Crippen LogP contribution in [0.2, 0.25) is 0 Å². The van der Waals surface area contributed by atoms with Gasteiger partial charge in [-0.25, -0.2) is 0 Å². The number of pyridine rings is 1. The van der Waals surface area contributed by atoms with Gasteiger partial charge in [-0.2, -0.15) is 0 Å². The highest BCUT2D eigenvalue weighted by Crippen LogP contribution is 2.31. The van der Waals surface area contributed by atoms with Crippen LogP contribution in [0.15, 0.2) is 18.5 Å². The molecule has 0 aromatic carbocycles. The van der Waals surface area contributed by atoms with Crippen LogP contribution in [-0.4, -0.2) is 85.9 Å². The van der Waals surface area contributed by atoms with Crippen LogP contribution in [0.4, 0.5) is 0 Å². The number of hydrogen-bond donors (Lipinski definition) is 1. The van der Waals surface area contributed by atoms with Gasteiger partial charge in [0.1, 0.15) is 0 Å². The van der Waals surface area contributed by atoms with E-state index in [1.807, 2.05) is 14.1 Å². The molecule has 2 fully saturated rings. The van der Waals surface area contributed by atoms with Crippen molar-refractivity contribution in [3.05, 3.63) is 29.6 Å². The fourth-order valence-corrected chi connectivity index (χ4v) is 3.40. The standard InChI is InChI=1S/C19H28N4O4/c1-22(2)7-3-6-21-17(24)15-12-16(14-20-13-15)18(25)23-8-4-19(5-9-23)26-10-11-27-19/h12-14H,3-11H2,1-2H3,(H,21,24). The smallest absolute Gasteiger partial charge is 0.255 e. The molecule has 3 rings (SSSR count). The van der Waals surface area contributed by atoms with E-state index in [1.54, 1.807) is 11.0 Å². The average Bonchev–Trinajstić information content (AvgIpc) is 3.13. The Hall–Kier alpha value is -2.03. The molecule has 2 aliphatic heterocycles. The summed E-state index contributed by atoms with van der Waals surface area (Å²) in [6, 6.07) is 1.61. The van der Waals surface area contributed by atoms with Crippen LogP contribution in [0.1, 0.15) is 40.0 Å². The summed E-state index contributed by atoms with van der Waals surface area (Å²) < 4.78 is 11.4. The SMILES string of the molecule is CN(C)CCCNC(=O)c1cncc(C(=O)N2CCC3(CC2)OCCO3)c1. The molecule has 8 heteroatoms. The Morgan fingerprint density at radius 3 is 2.52 bits per heavy atom. The lowest BCUT2D eigenvalue weighted by Gasteiger charge is -2.37. The molecule has 1 spiro atoms. The fourth-order valence-electron chi connectivity index (χ4n) is 3.40. The van der Waals surface area contributed by atoms with Crippen LogP contribution >= 0.6 is 0 Å². The maximum absolute atomic E-state index is 12.8. The topological polar surface area (TPSA) is 84.0 Å². The van der Waals surface area contributed by atoms with Crippen molar-refractivity contribution in [1.82, 2.24) is 20.1 Å². The van der Waals surface area contributed by atoms with E-state index < -0.39 is 5.79 Å². The van der Waals surface area contributed by atoms with Gasteiger partial charge in [0, 0.05) is 44.9 Å². The molecule has 0 aliphatic carbocycles. The third-order valence-electron chi connectivity index (χ3n) is 4.94. The molecule has 0 radical (unpaired) electrons. The monoisotopic (exact) mass is 376 g/mol. The second kappa shape index (κ2) is 8.77. The second-order valence-corrected chi connectivity index (χ2v) is 7.27. The molecule has 2 aliphatic rings. The number of rotatable bonds is 6. The van der Waals surface area contributed by atoms with E-state index in [4.69, 9.17) is 9.47 Å². The van der Waals surface area contributed by atoms with Crippen molar-refractivity contribution >= 4 is 11.8 Å². The predicted octanol–water partition coefficient (Wildman–Crippen LogP) is 0.742. The van der Waals surface area contributed by atoms with E-state index in [2.05, 4.69) is 15.2 Å². The van der Waals surface area contributed by atoms with Crippen LogP contribution in [0.5, 0.6) is 0 Å². The number of carbonyl (C=O) groups is 2. The van der Waals surface area contributed by atoms with Crippen molar-refractivity contribution < 1.29 is 19.1 Å². The maximum Gasteiger partial charge on any atom is 0.255 e. The van der Waals surface area contributed by atoms with Gasteiger partial charge in [0.25, 0.3) is 11.8 Å². The molecule has 1 aromatic heterocycles. The highest BCUT2D eigenvalue weighted by atomic mass is 16.7. The number of amides is 2. The Bertz CT molecular complexity index is 663. The molecule has 3 heterocycles. The third kappa shape index (κ3) is 5.03. The summed E-state index contributed by atoms with van der Waals surface area (Å²) in [5, 5.41) is 2.87. The van der Waals surface area contributed by atoms with E-state index in [1.165, 1.54) is 12.4 Å². The van der Waals surface area contributed by atoms with Gasteiger partial charge in [-0.1, -0.05) is 0 Å². The van der Waals surface area contributed by atoms with Crippen molar-refractivity contribution in [3.63, 3.8) is 0 Å². The zero-order valence-electron chi connectivity index (χ0n) is 16.1. The van der Waals surface area contributed by atoms with Crippen molar-refractivity contribution in [2.75, 3.05) is 53.5 Å². The highest BCUT2D eigenvalue weighted by Gasteiger charge is 2.40. The van der Waals surface area contributed by atoms with Gasteiger partial charge in [-0.15, -0.1) is 0 Å².